The maximum absolute atomic E-state index is 2.60. The van der Waals surface area contributed by atoms with Crippen molar-refractivity contribution >= 4 is 43.7 Å². The van der Waals surface area contributed by atoms with Crippen molar-refractivity contribution in [1.82, 2.24) is 0 Å². The Balaban J connectivity index is 1.31. The molecule has 48 heavy (non-hydrogen) atoms. The van der Waals surface area contributed by atoms with Crippen molar-refractivity contribution < 1.29 is 0 Å². The van der Waals surface area contributed by atoms with Gasteiger partial charge in [-0.05, 0) is 141 Å². The molecule has 9 rings (SSSR count). The Labute approximate surface area is 284 Å². The van der Waals surface area contributed by atoms with Gasteiger partial charge in [-0.15, -0.1) is 0 Å². The van der Waals surface area contributed by atoms with E-state index in [1.165, 1.54) is 116 Å². The zero-order valence-electron chi connectivity index (χ0n) is 27.7. The second kappa shape index (κ2) is 12.5. The SMILES string of the molecule is c1ccc(-c2ccc3cc(-c4c5ccc(N6CCCCC6)cc5c(-c5ccccc5)c5ccc(N6CCCCC6)cc45)ccc3c2)cc1. The highest BCUT2D eigenvalue weighted by molar-refractivity contribution is 6.22. The largest absolute Gasteiger partial charge is 0.372 e. The zero-order valence-corrected chi connectivity index (χ0v) is 27.7. The van der Waals surface area contributed by atoms with E-state index in [0.717, 1.165) is 26.2 Å². The maximum Gasteiger partial charge on any atom is 0.0372 e. The van der Waals surface area contributed by atoms with Gasteiger partial charge in [0.05, 0.1) is 0 Å². The zero-order chi connectivity index (χ0) is 31.9. The third-order valence-electron chi connectivity index (χ3n) is 10.8. The van der Waals surface area contributed by atoms with Crippen LogP contribution in [-0.4, -0.2) is 26.2 Å². The topological polar surface area (TPSA) is 6.48 Å². The molecule has 7 aromatic rings. The molecular formula is C46H42N2. The number of fused-ring (bicyclic) bond motifs is 3. The van der Waals surface area contributed by atoms with Gasteiger partial charge in [0.25, 0.3) is 0 Å². The molecule has 2 aliphatic heterocycles. The van der Waals surface area contributed by atoms with Crippen LogP contribution in [0.4, 0.5) is 11.4 Å². The molecule has 2 saturated heterocycles. The Morgan fingerprint density at radius 2 is 0.771 bits per heavy atom. The first-order chi connectivity index (χ1) is 23.8. The molecule has 0 amide bonds. The molecule has 2 heteroatoms. The smallest absolute Gasteiger partial charge is 0.0372 e. The van der Waals surface area contributed by atoms with E-state index in [2.05, 4.69) is 143 Å². The Kier molecular flexibility index (Phi) is 7.58. The first kappa shape index (κ1) is 29.1. The Hall–Kier alpha value is -5.08. The lowest BCUT2D eigenvalue weighted by Gasteiger charge is -2.30. The second-order valence-electron chi connectivity index (χ2n) is 13.8. The molecule has 2 fully saturated rings. The fourth-order valence-electron chi connectivity index (χ4n) is 8.34. The van der Waals surface area contributed by atoms with Gasteiger partial charge < -0.3 is 9.80 Å². The highest BCUT2D eigenvalue weighted by Crippen LogP contribution is 2.46. The number of benzene rings is 7. The lowest BCUT2D eigenvalue weighted by atomic mass is 9.85. The van der Waals surface area contributed by atoms with E-state index in [1.807, 2.05) is 0 Å². The van der Waals surface area contributed by atoms with Crippen LogP contribution in [0.1, 0.15) is 38.5 Å². The van der Waals surface area contributed by atoms with Crippen LogP contribution >= 0.6 is 0 Å². The van der Waals surface area contributed by atoms with Crippen molar-refractivity contribution in [2.24, 2.45) is 0 Å². The molecule has 2 nitrogen and oxygen atoms in total. The van der Waals surface area contributed by atoms with Crippen LogP contribution in [-0.2, 0) is 0 Å². The van der Waals surface area contributed by atoms with Gasteiger partial charge >= 0.3 is 0 Å². The molecule has 0 N–H and O–H groups in total. The van der Waals surface area contributed by atoms with E-state index < -0.39 is 0 Å². The Morgan fingerprint density at radius 3 is 1.31 bits per heavy atom. The van der Waals surface area contributed by atoms with Crippen molar-refractivity contribution in [1.29, 1.82) is 0 Å². The number of piperidine rings is 2. The summed E-state index contributed by atoms with van der Waals surface area (Å²) in [6.45, 7) is 4.56. The van der Waals surface area contributed by atoms with Crippen LogP contribution in [0.3, 0.4) is 0 Å². The molecule has 0 saturated carbocycles. The van der Waals surface area contributed by atoms with Crippen LogP contribution in [0.5, 0.6) is 0 Å². The van der Waals surface area contributed by atoms with Crippen molar-refractivity contribution in [3.63, 3.8) is 0 Å². The first-order valence-electron chi connectivity index (χ1n) is 18.0. The summed E-state index contributed by atoms with van der Waals surface area (Å²) in [6.07, 6.45) is 7.76. The van der Waals surface area contributed by atoms with Crippen LogP contribution in [0, 0.1) is 0 Å². The number of hydrogen-bond acceptors (Lipinski definition) is 2. The predicted octanol–water partition coefficient (Wildman–Crippen LogP) is 12.1. The van der Waals surface area contributed by atoms with E-state index in [0.29, 0.717) is 0 Å². The van der Waals surface area contributed by atoms with E-state index in [1.54, 1.807) is 0 Å². The van der Waals surface area contributed by atoms with Crippen molar-refractivity contribution in [2.45, 2.75) is 38.5 Å². The molecule has 0 radical (unpaired) electrons. The molecule has 2 heterocycles. The van der Waals surface area contributed by atoms with Crippen molar-refractivity contribution in [3.05, 3.63) is 133 Å². The molecular weight excluding hydrogens is 581 g/mol. The number of hydrogen-bond donors (Lipinski definition) is 0. The quantitative estimate of drug-likeness (QED) is 0.176. The normalized spacial score (nSPS) is 15.4. The summed E-state index contributed by atoms with van der Waals surface area (Å²) in [7, 11) is 0. The highest BCUT2D eigenvalue weighted by atomic mass is 15.1. The minimum Gasteiger partial charge on any atom is -0.372 e. The lowest BCUT2D eigenvalue weighted by molar-refractivity contribution is 0.578. The van der Waals surface area contributed by atoms with Gasteiger partial charge in [-0.25, -0.2) is 0 Å². The highest BCUT2D eigenvalue weighted by Gasteiger charge is 2.21. The van der Waals surface area contributed by atoms with Gasteiger partial charge in [-0.2, -0.15) is 0 Å². The summed E-state index contributed by atoms with van der Waals surface area (Å²) in [5, 5.41) is 7.90. The summed E-state index contributed by atoms with van der Waals surface area (Å²) in [4.78, 5) is 5.20. The fourth-order valence-corrected chi connectivity index (χ4v) is 8.34. The summed E-state index contributed by atoms with van der Waals surface area (Å²) in [5.74, 6) is 0. The first-order valence-corrected chi connectivity index (χ1v) is 18.0. The third kappa shape index (κ3) is 5.30. The molecule has 0 aliphatic carbocycles. The predicted molar refractivity (Wildman–Crippen MR) is 207 cm³/mol. The van der Waals surface area contributed by atoms with Gasteiger partial charge in [0.15, 0.2) is 0 Å². The van der Waals surface area contributed by atoms with Gasteiger partial charge in [-0.1, -0.05) is 97.1 Å². The molecule has 0 unspecified atom stereocenters. The van der Waals surface area contributed by atoms with Crippen molar-refractivity contribution in [3.8, 4) is 33.4 Å². The summed E-state index contributed by atoms with van der Waals surface area (Å²) < 4.78 is 0. The molecule has 0 aromatic heterocycles. The minimum absolute atomic E-state index is 1.14. The third-order valence-corrected chi connectivity index (χ3v) is 10.8. The van der Waals surface area contributed by atoms with Crippen molar-refractivity contribution in [2.75, 3.05) is 36.0 Å². The minimum atomic E-state index is 1.14. The van der Waals surface area contributed by atoms with Gasteiger partial charge in [0, 0.05) is 37.6 Å². The summed E-state index contributed by atoms with van der Waals surface area (Å²) in [5.41, 5.74) is 10.5. The molecule has 7 aromatic carbocycles. The summed E-state index contributed by atoms with van der Waals surface area (Å²) in [6, 6.07) is 50.4. The molecule has 2 aliphatic rings. The van der Waals surface area contributed by atoms with Crippen LogP contribution in [0.15, 0.2) is 133 Å². The Morgan fingerprint density at radius 1 is 0.312 bits per heavy atom. The second-order valence-corrected chi connectivity index (χ2v) is 13.8. The molecule has 0 bridgehead atoms. The number of rotatable bonds is 5. The van der Waals surface area contributed by atoms with E-state index in [4.69, 9.17) is 0 Å². The van der Waals surface area contributed by atoms with Crippen LogP contribution in [0.2, 0.25) is 0 Å². The standard InChI is InChI=1S/C46H42N2/c1-5-13-33(14-6-1)35-17-18-37-30-38(20-19-36(37)29-35)46-42-24-22-39(47-25-9-3-10-26-47)31-43(42)45(34-15-7-2-8-16-34)41-23-21-40(32-44(41)46)48-27-11-4-12-28-48/h1-2,5-8,13-24,29-32H,3-4,9-12,25-28H2. The maximum atomic E-state index is 2.60. The molecule has 236 valence electrons. The van der Waals surface area contributed by atoms with Gasteiger partial charge in [0.2, 0.25) is 0 Å². The fraction of sp³-hybridized carbons (Fsp3) is 0.217. The van der Waals surface area contributed by atoms with Crippen LogP contribution < -0.4 is 9.80 Å². The lowest BCUT2D eigenvalue weighted by Crippen LogP contribution is -2.29. The number of nitrogens with zero attached hydrogens (tertiary/aromatic N) is 2. The Bertz CT molecular complexity index is 2240. The van der Waals surface area contributed by atoms with E-state index >= 15 is 0 Å². The van der Waals surface area contributed by atoms with Gasteiger partial charge in [-0.3, -0.25) is 0 Å². The number of anilines is 2. The van der Waals surface area contributed by atoms with Gasteiger partial charge in [0.1, 0.15) is 0 Å². The average molecular weight is 623 g/mol. The molecule has 0 spiro atoms. The van der Waals surface area contributed by atoms with Crippen LogP contribution in [0.25, 0.3) is 65.7 Å². The van der Waals surface area contributed by atoms with E-state index in [9.17, 15) is 0 Å². The summed E-state index contributed by atoms with van der Waals surface area (Å²) >= 11 is 0. The molecule has 0 atom stereocenters. The van der Waals surface area contributed by atoms with E-state index in [-0.39, 0.29) is 0 Å². The average Bonchev–Trinajstić information content (AvgIpc) is 3.17. The monoisotopic (exact) mass is 622 g/mol.